The molecule has 116 valence electrons. The van der Waals surface area contributed by atoms with Gasteiger partial charge in [-0.3, -0.25) is 0 Å². The Morgan fingerprint density at radius 2 is 1.68 bits per heavy atom. The Morgan fingerprint density at radius 1 is 1.00 bits per heavy atom. The predicted octanol–water partition coefficient (Wildman–Crippen LogP) is 1.94. The van der Waals surface area contributed by atoms with E-state index >= 15 is 0 Å². The van der Waals surface area contributed by atoms with Crippen LogP contribution in [0.5, 0.6) is 0 Å². The van der Waals surface area contributed by atoms with Gasteiger partial charge < -0.3 is 20.3 Å². The van der Waals surface area contributed by atoms with E-state index in [0.29, 0.717) is 25.6 Å². The van der Waals surface area contributed by atoms with Gasteiger partial charge in [0, 0.05) is 19.7 Å². The molecule has 0 radical (unpaired) electrons. The minimum absolute atomic E-state index is 0.331. The fraction of sp³-hybridized carbons (Fsp3) is 1.00. The van der Waals surface area contributed by atoms with E-state index in [1.807, 2.05) is 0 Å². The van der Waals surface area contributed by atoms with Gasteiger partial charge in [-0.15, -0.1) is 0 Å². The number of rotatable bonds is 13. The second kappa shape index (κ2) is 12.9. The topological polar surface area (TPSA) is 61.7 Å². The molecule has 0 amide bonds. The summed E-state index contributed by atoms with van der Waals surface area (Å²) in [5, 5.41) is 22.4. The van der Waals surface area contributed by atoms with Gasteiger partial charge in [0.1, 0.15) is 0 Å². The van der Waals surface area contributed by atoms with Crippen LogP contribution in [-0.4, -0.2) is 48.7 Å². The van der Waals surface area contributed by atoms with Gasteiger partial charge in [0.15, 0.2) is 0 Å². The van der Waals surface area contributed by atoms with Crippen LogP contribution < -0.4 is 5.32 Å². The zero-order valence-electron chi connectivity index (χ0n) is 12.9. The number of unbranched alkanes of at least 4 members (excludes halogenated alkanes) is 3. The SMILES string of the molecule is CCCCCCOCC(O)CNCC(O)CC(C)C. The molecule has 4 nitrogen and oxygen atoms in total. The lowest BCUT2D eigenvalue weighted by molar-refractivity contribution is 0.0334. The molecular weight excluding hydrogens is 242 g/mol. The average molecular weight is 275 g/mol. The summed E-state index contributed by atoms with van der Waals surface area (Å²) in [6.07, 6.45) is 4.72. The van der Waals surface area contributed by atoms with E-state index in [4.69, 9.17) is 4.74 Å². The van der Waals surface area contributed by atoms with Crippen LogP contribution in [0.2, 0.25) is 0 Å². The first-order valence-electron chi connectivity index (χ1n) is 7.70. The van der Waals surface area contributed by atoms with E-state index in [2.05, 4.69) is 26.1 Å². The Labute approximate surface area is 118 Å². The summed E-state index contributed by atoms with van der Waals surface area (Å²) in [7, 11) is 0. The van der Waals surface area contributed by atoms with Crippen LogP contribution in [0, 0.1) is 5.92 Å². The quantitative estimate of drug-likeness (QED) is 0.450. The van der Waals surface area contributed by atoms with Gasteiger partial charge >= 0.3 is 0 Å². The van der Waals surface area contributed by atoms with E-state index in [0.717, 1.165) is 19.4 Å². The van der Waals surface area contributed by atoms with E-state index in [-0.39, 0.29) is 6.10 Å². The van der Waals surface area contributed by atoms with Crippen LogP contribution in [0.15, 0.2) is 0 Å². The van der Waals surface area contributed by atoms with Crippen LogP contribution in [0.25, 0.3) is 0 Å². The smallest absolute Gasteiger partial charge is 0.0897 e. The third kappa shape index (κ3) is 14.1. The van der Waals surface area contributed by atoms with Crippen LogP contribution in [0.4, 0.5) is 0 Å². The first-order valence-corrected chi connectivity index (χ1v) is 7.70. The normalized spacial score (nSPS) is 14.8. The number of aliphatic hydroxyl groups excluding tert-OH is 2. The van der Waals surface area contributed by atoms with E-state index in [1.165, 1.54) is 19.3 Å². The van der Waals surface area contributed by atoms with Crippen LogP contribution in [0.3, 0.4) is 0 Å². The van der Waals surface area contributed by atoms with Crippen LogP contribution in [0.1, 0.15) is 52.9 Å². The van der Waals surface area contributed by atoms with Crippen molar-refractivity contribution in [1.82, 2.24) is 5.32 Å². The maximum Gasteiger partial charge on any atom is 0.0897 e. The Kier molecular flexibility index (Phi) is 12.7. The third-order valence-electron chi connectivity index (χ3n) is 2.96. The molecule has 0 aromatic carbocycles. The Bertz CT molecular complexity index is 188. The molecule has 0 fully saturated rings. The average Bonchev–Trinajstić information content (AvgIpc) is 2.32. The van der Waals surface area contributed by atoms with Gasteiger partial charge in [0.25, 0.3) is 0 Å². The molecule has 0 bridgehead atoms. The molecule has 0 aromatic rings. The highest BCUT2D eigenvalue weighted by Gasteiger charge is 2.08. The number of ether oxygens (including phenoxy) is 1. The minimum atomic E-state index is -0.488. The van der Waals surface area contributed by atoms with Crippen molar-refractivity contribution in [1.29, 1.82) is 0 Å². The maximum atomic E-state index is 9.68. The summed E-state index contributed by atoms with van der Waals surface area (Å²) < 4.78 is 5.41. The molecule has 2 atom stereocenters. The van der Waals surface area contributed by atoms with E-state index in [9.17, 15) is 10.2 Å². The Hall–Kier alpha value is -0.160. The number of nitrogens with one attached hydrogen (secondary N) is 1. The van der Waals surface area contributed by atoms with Gasteiger partial charge in [-0.25, -0.2) is 0 Å². The molecule has 0 aliphatic carbocycles. The second-order valence-corrected chi connectivity index (χ2v) is 5.73. The highest BCUT2D eigenvalue weighted by Crippen LogP contribution is 2.03. The van der Waals surface area contributed by atoms with Crippen molar-refractivity contribution in [3.63, 3.8) is 0 Å². The third-order valence-corrected chi connectivity index (χ3v) is 2.96. The lowest BCUT2D eigenvalue weighted by atomic mass is 10.1. The molecule has 19 heavy (non-hydrogen) atoms. The molecule has 0 spiro atoms. The van der Waals surface area contributed by atoms with Crippen LogP contribution >= 0.6 is 0 Å². The molecular formula is C15H33NO3. The summed E-state index contributed by atoms with van der Waals surface area (Å²) in [5.41, 5.74) is 0. The molecule has 0 aliphatic heterocycles. The standard InChI is InChI=1S/C15H33NO3/c1-4-5-6-7-8-19-12-15(18)11-16-10-14(17)9-13(2)3/h13-18H,4-12H2,1-3H3. The van der Waals surface area contributed by atoms with Crippen molar-refractivity contribution < 1.29 is 14.9 Å². The lowest BCUT2D eigenvalue weighted by Gasteiger charge is -2.16. The summed E-state index contributed by atoms with van der Waals surface area (Å²) in [4.78, 5) is 0. The van der Waals surface area contributed by atoms with Gasteiger partial charge in [-0.2, -0.15) is 0 Å². The minimum Gasteiger partial charge on any atom is -0.392 e. The molecule has 2 unspecified atom stereocenters. The van der Waals surface area contributed by atoms with Gasteiger partial charge in [-0.1, -0.05) is 40.0 Å². The highest BCUT2D eigenvalue weighted by atomic mass is 16.5. The molecule has 0 saturated heterocycles. The summed E-state index contributed by atoms with van der Waals surface area (Å²) in [6, 6.07) is 0. The molecule has 0 aliphatic rings. The first-order chi connectivity index (χ1) is 9.06. The monoisotopic (exact) mass is 275 g/mol. The van der Waals surface area contributed by atoms with Crippen molar-refractivity contribution in [3.05, 3.63) is 0 Å². The van der Waals surface area contributed by atoms with E-state index in [1.54, 1.807) is 0 Å². The summed E-state index contributed by atoms with van der Waals surface area (Å²) >= 11 is 0. The molecule has 0 saturated carbocycles. The maximum absolute atomic E-state index is 9.68. The van der Waals surface area contributed by atoms with Crippen LogP contribution in [-0.2, 0) is 4.74 Å². The summed E-state index contributed by atoms with van der Waals surface area (Å²) in [5.74, 6) is 0.494. The molecule has 0 heterocycles. The predicted molar refractivity (Wildman–Crippen MR) is 79.3 cm³/mol. The molecule has 3 N–H and O–H groups in total. The van der Waals surface area contributed by atoms with Crippen molar-refractivity contribution in [3.8, 4) is 0 Å². The Morgan fingerprint density at radius 3 is 2.32 bits per heavy atom. The van der Waals surface area contributed by atoms with Gasteiger partial charge in [0.05, 0.1) is 18.8 Å². The van der Waals surface area contributed by atoms with Crippen molar-refractivity contribution in [2.75, 3.05) is 26.3 Å². The fourth-order valence-electron chi connectivity index (χ4n) is 1.95. The van der Waals surface area contributed by atoms with Crippen molar-refractivity contribution in [2.24, 2.45) is 5.92 Å². The lowest BCUT2D eigenvalue weighted by Crippen LogP contribution is -2.35. The van der Waals surface area contributed by atoms with Crippen molar-refractivity contribution in [2.45, 2.75) is 65.1 Å². The first kappa shape index (κ1) is 18.8. The molecule has 0 rings (SSSR count). The van der Waals surface area contributed by atoms with E-state index < -0.39 is 6.10 Å². The Balaban J connectivity index is 3.32. The fourth-order valence-corrected chi connectivity index (χ4v) is 1.95. The second-order valence-electron chi connectivity index (χ2n) is 5.73. The zero-order valence-corrected chi connectivity index (χ0v) is 12.9. The van der Waals surface area contributed by atoms with Gasteiger partial charge in [-0.05, 0) is 18.8 Å². The number of aliphatic hydroxyl groups is 2. The van der Waals surface area contributed by atoms with Crippen molar-refractivity contribution >= 4 is 0 Å². The molecule has 4 heteroatoms. The number of hydrogen-bond acceptors (Lipinski definition) is 4. The van der Waals surface area contributed by atoms with Gasteiger partial charge in [0.2, 0.25) is 0 Å². The molecule has 0 aromatic heterocycles. The zero-order chi connectivity index (χ0) is 14.5. The summed E-state index contributed by atoms with van der Waals surface area (Å²) in [6.45, 7) is 8.47. The highest BCUT2D eigenvalue weighted by molar-refractivity contribution is 4.64. The largest absolute Gasteiger partial charge is 0.392 e. The number of hydrogen-bond donors (Lipinski definition) is 3.